The second kappa shape index (κ2) is 8.70. The van der Waals surface area contributed by atoms with Gasteiger partial charge in [0, 0.05) is 13.1 Å². The summed E-state index contributed by atoms with van der Waals surface area (Å²) in [6.45, 7) is 1.96. The topological polar surface area (TPSA) is 61.4 Å². The van der Waals surface area contributed by atoms with Gasteiger partial charge in [-0.25, -0.2) is 13.1 Å². The molecule has 0 spiro atoms. The minimum absolute atomic E-state index is 0.143. The molecule has 2 N–H and O–H groups in total. The molecule has 0 radical (unpaired) electrons. The highest BCUT2D eigenvalue weighted by atomic mass is 35.5. The molecule has 1 aromatic rings. The fourth-order valence-corrected chi connectivity index (χ4v) is 3.53. The molecule has 5 nitrogen and oxygen atoms in total. The molecular weight excluding hydrogens is 310 g/mol. The molecular formula is C14H24ClN3O2S. The first kappa shape index (κ1) is 18.4. The first-order chi connectivity index (χ1) is 9.86. The molecule has 1 rings (SSSR count). The van der Waals surface area contributed by atoms with Crippen LogP contribution in [0.5, 0.6) is 0 Å². The molecule has 120 valence electrons. The van der Waals surface area contributed by atoms with Crippen molar-refractivity contribution in [3.05, 3.63) is 28.8 Å². The number of hydrogen-bond donors (Lipinski definition) is 2. The number of halogens is 1. The lowest BCUT2D eigenvalue weighted by atomic mass is 10.2. The minimum Gasteiger partial charge on any atom is -0.316 e. The van der Waals surface area contributed by atoms with Gasteiger partial charge in [0.25, 0.3) is 0 Å². The van der Waals surface area contributed by atoms with Gasteiger partial charge in [-0.15, -0.1) is 0 Å². The quantitative estimate of drug-likeness (QED) is 0.675. The summed E-state index contributed by atoms with van der Waals surface area (Å²) in [5.41, 5.74) is 0.884. The summed E-state index contributed by atoms with van der Waals surface area (Å²) in [5.74, 6) is 0. The summed E-state index contributed by atoms with van der Waals surface area (Å²) in [4.78, 5) is 2.22. The zero-order valence-corrected chi connectivity index (χ0v) is 14.4. The molecule has 0 fully saturated rings. The molecule has 0 aliphatic rings. The van der Waals surface area contributed by atoms with Crippen molar-refractivity contribution in [3.8, 4) is 0 Å². The fraction of sp³-hybridized carbons (Fsp3) is 0.571. The Kier molecular flexibility index (Phi) is 7.62. The molecule has 1 aromatic carbocycles. The van der Waals surface area contributed by atoms with E-state index in [9.17, 15) is 8.42 Å². The van der Waals surface area contributed by atoms with Gasteiger partial charge in [-0.1, -0.05) is 17.7 Å². The Labute approximate surface area is 132 Å². The van der Waals surface area contributed by atoms with Gasteiger partial charge in [0.2, 0.25) is 10.0 Å². The first-order valence-electron chi connectivity index (χ1n) is 6.94. The SMILES string of the molecule is CNCc1ccc(Cl)c(S(=O)(=O)NCCCCN(C)C)c1. The van der Waals surface area contributed by atoms with Crippen molar-refractivity contribution in [1.29, 1.82) is 0 Å². The molecule has 0 aromatic heterocycles. The molecule has 21 heavy (non-hydrogen) atoms. The number of nitrogens with zero attached hydrogens (tertiary/aromatic N) is 1. The van der Waals surface area contributed by atoms with Crippen LogP contribution in [0.25, 0.3) is 0 Å². The zero-order chi connectivity index (χ0) is 15.9. The Balaban J connectivity index is 2.67. The van der Waals surface area contributed by atoms with Crippen LogP contribution >= 0.6 is 11.6 Å². The van der Waals surface area contributed by atoms with Crippen LogP contribution in [-0.2, 0) is 16.6 Å². The summed E-state index contributed by atoms with van der Waals surface area (Å²) >= 11 is 6.02. The van der Waals surface area contributed by atoms with Crippen LogP contribution in [0, 0.1) is 0 Å². The number of unbranched alkanes of at least 4 members (excludes halogenated alkanes) is 1. The highest BCUT2D eigenvalue weighted by Gasteiger charge is 2.17. The van der Waals surface area contributed by atoms with Crippen LogP contribution in [0.4, 0.5) is 0 Å². The van der Waals surface area contributed by atoms with E-state index in [2.05, 4.69) is 14.9 Å². The normalized spacial score (nSPS) is 12.0. The summed E-state index contributed by atoms with van der Waals surface area (Å²) < 4.78 is 27.2. The molecule has 0 atom stereocenters. The maximum atomic E-state index is 12.3. The second-order valence-corrected chi connectivity index (χ2v) is 7.35. The van der Waals surface area contributed by atoms with E-state index in [1.807, 2.05) is 27.2 Å². The predicted molar refractivity (Wildman–Crippen MR) is 87.2 cm³/mol. The van der Waals surface area contributed by atoms with Gasteiger partial charge in [-0.3, -0.25) is 0 Å². The molecule has 0 saturated heterocycles. The average molecular weight is 334 g/mol. The molecule has 0 aliphatic heterocycles. The van der Waals surface area contributed by atoms with Crippen LogP contribution in [0.3, 0.4) is 0 Å². The van der Waals surface area contributed by atoms with Crippen LogP contribution in [0.15, 0.2) is 23.1 Å². The van der Waals surface area contributed by atoms with E-state index in [4.69, 9.17) is 11.6 Å². The van der Waals surface area contributed by atoms with Crippen molar-refractivity contribution >= 4 is 21.6 Å². The Bertz CT molecular complexity index is 547. The monoisotopic (exact) mass is 333 g/mol. The number of hydrogen-bond acceptors (Lipinski definition) is 4. The lowest BCUT2D eigenvalue weighted by Crippen LogP contribution is -2.26. The third-order valence-corrected chi connectivity index (χ3v) is 4.93. The zero-order valence-electron chi connectivity index (χ0n) is 12.8. The highest BCUT2D eigenvalue weighted by molar-refractivity contribution is 7.89. The summed E-state index contributed by atoms with van der Waals surface area (Å²) in [5, 5.41) is 3.24. The lowest BCUT2D eigenvalue weighted by Gasteiger charge is -2.11. The lowest BCUT2D eigenvalue weighted by molar-refractivity contribution is 0.394. The van der Waals surface area contributed by atoms with Crippen LogP contribution in [0.1, 0.15) is 18.4 Å². The average Bonchev–Trinajstić information content (AvgIpc) is 2.40. The van der Waals surface area contributed by atoms with Crippen molar-refractivity contribution in [3.63, 3.8) is 0 Å². The first-order valence-corrected chi connectivity index (χ1v) is 8.80. The fourth-order valence-electron chi connectivity index (χ4n) is 1.91. The van der Waals surface area contributed by atoms with E-state index in [0.717, 1.165) is 24.9 Å². The molecule has 0 unspecified atom stereocenters. The third-order valence-electron chi connectivity index (χ3n) is 2.99. The number of rotatable bonds is 9. The molecule has 0 aliphatic carbocycles. The van der Waals surface area contributed by atoms with Crippen molar-refractivity contribution < 1.29 is 8.42 Å². The van der Waals surface area contributed by atoms with Gasteiger partial charge >= 0.3 is 0 Å². The maximum absolute atomic E-state index is 12.3. The Morgan fingerprint density at radius 3 is 2.57 bits per heavy atom. The van der Waals surface area contributed by atoms with Crippen molar-refractivity contribution in [2.45, 2.75) is 24.3 Å². The van der Waals surface area contributed by atoms with Gasteiger partial charge in [0.15, 0.2) is 0 Å². The molecule has 0 heterocycles. The summed E-state index contributed by atoms with van der Waals surface area (Å²) in [6.07, 6.45) is 1.74. The molecule has 0 saturated carbocycles. The Morgan fingerprint density at radius 2 is 1.95 bits per heavy atom. The van der Waals surface area contributed by atoms with E-state index < -0.39 is 10.0 Å². The van der Waals surface area contributed by atoms with Crippen LogP contribution in [0.2, 0.25) is 5.02 Å². The van der Waals surface area contributed by atoms with E-state index in [0.29, 0.717) is 13.1 Å². The largest absolute Gasteiger partial charge is 0.316 e. The number of benzene rings is 1. The molecule has 0 bridgehead atoms. The van der Waals surface area contributed by atoms with E-state index >= 15 is 0 Å². The van der Waals surface area contributed by atoms with Crippen LogP contribution < -0.4 is 10.0 Å². The van der Waals surface area contributed by atoms with Crippen molar-refractivity contribution in [2.24, 2.45) is 0 Å². The smallest absolute Gasteiger partial charge is 0.242 e. The Hall–Kier alpha value is -0.660. The van der Waals surface area contributed by atoms with E-state index in [1.165, 1.54) is 0 Å². The van der Waals surface area contributed by atoms with Crippen molar-refractivity contribution in [2.75, 3.05) is 34.2 Å². The van der Waals surface area contributed by atoms with Gasteiger partial charge in [-0.05, 0) is 58.2 Å². The highest BCUT2D eigenvalue weighted by Crippen LogP contribution is 2.22. The molecule has 0 amide bonds. The minimum atomic E-state index is -3.56. The summed E-state index contributed by atoms with van der Waals surface area (Å²) in [7, 11) is 2.25. The van der Waals surface area contributed by atoms with Crippen LogP contribution in [-0.4, -0.2) is 47.6 Å². The van der Waals surface area contributed by atoms with Gasteiger partial charge in [-0.2, -0.15) is 0 Å². The van der Waals surface area contributed by atoms with E-state index in [-0.39, 0.29) is 9.92 Å². The number of nitrogens with one attached hydrogen (secondary N) is 2. The van der Waals surface area contributed by atoms with Gasteiger partial charge in [0.05, 0.1) is 5.02 Å². The maximum Gasteiger partial charge on any atom is 0.242 e. The number of sulfonamides is 1. The van der Waals surface area contributed by atoms with E-state index in [1.54, 1.807) is 12.1 Å². The predicted octanol–water partition coefficient (Wildman–Crippen LogP) is 1.68. The molecule has 7 heteroatoms. The van der Waals surface area contributed by atoms with Gasteiger partial charge < -0.3 is 10.2 Å². The summed E-state index contributed by atoms with van der Waals surface area (Å²) in [6, 6.07) is 5.05. The Morgan fingerprint density at radius 1 is 1.24 bits per heavy atom. The standard InChI is InChI=1S/C14H24ClN3O2S/c1-16-11-12-6-7-13(15)14(10-12)21(19,20)17-8-4-5-9-18(2)3/h6-7,10,16-17H,4-5,8-9,11H2,1-3H3. The van der Waals surface area contributed by atoms with Crippen molar-refractivity contribution in [1.82, 2.24) is 14.9 Å². The second-order valence-electron chi connectivity index (χ2n) is 5.20. The third kappa shape index (κ3) is 6.32. The van der Waals surface area contributed by atoms with Gasteiger partial charge in [0.1, 0.15) is 4.90 Å².